The molecule has 0 radical (unpaired) electrons. The maximum absolute atomic E-state index is 12.9. The fraction of sp³-hybridized carbons (Fsp3) is 0.462. The predicted molar refractivity (Wildman–Crippen MR) is 125 cm³/mol. The number of anilines is 1. The van der Waals surface area contributed by atoms with Crippen LogP contribution in [0.5, 0.6) is 11.5 Å². The number of fused-ring (bicyclic) bond motifs is 1. The molecule has 1 unspecified atom stereocenters. The standard InChI is InChI=1S/C26H32N2O4/c1-4-25(29)28-14-13-19-15-20(9-11-22(19)28)26(30)27-17(2)18-10-12-23(24(16-18)31-3)32-21-7-5-6-8-21/h9-12,15-17,21H,4-8,13-14H2,1-3H3,(H,27,30). The molecular formula is C26H32N2O4. The smallest absolute Gasteiger partial charge is 0.251 e. The second-order valence-corrected chi connectivity index (χ2v) is 8.62. The van der Waals surface area contributed by atoms with E-state index in [9.17, 15) is 9.59 Å². The Bertz CT molecular complexity index is 997. The van der Waals surface area contributed by atoms with Crippen LogP contribution in [0.3, 0.4) is 0 Å². The molecule has 1 fully saturated rings. The third-order valence-electron chi connectivity index (χ3n) is 6.47. The second kappa shape index (κ2) is 9.63. The summed E-state index contributed by atoms with van der Waals surface area (Å²) in [7, 11) is 1.64. The normalized spacial score (nSPS) is 16.5. The molecule has 6 nitrogen and oxygen atoms in total. The van der Waals surface area contributed by atoms with Gasteiger partial charge in [-0.25, -0.2) is 0 Å². The van der Waals surface area contributed by atoms with E-state index in [1.54, 1.807) is 18.1 Å². The van der Waals surface area contributed by atoms with Crippen molar-refractivity contribution in [1.82, 2.24) is 5.32 Å². The molecule has 0 bridgehead atoms. The second-order valence-electron chi connectivity index (χ2n) is 8.62. The SMILES string of the molecule is CCC(=O)N1CCc2cc(C(=O)NC(C)c3ccc(OC4CCCC4)c(OC)c3)ccc21. The van der Waals surface area contributed by atoms with Crippen molar-refractivity contribution < 1.29 is 19.1 Å². The van der Waals surface area contributed by atoms with Gasteiger partial charge in [0.05, 0.1) is 19.3 Å². The molecule has 0 saturated heterocycles. The minimum Gasteiger partial charge on any atom is -0.493 e. The molecule has 1 N–H and O–H groups in total. The van der Waals surface area contributed by atoms with Crippen LogP contribution in [-0.2, 0) is 11.2 Å². The molecule has 1 heterocycles. The molecule has 0 spiro atoms. The van der Waals surface area contributed by atoms with Crippen LogP contribution >= 0.6 is 0 Å². The number of hydrogen-bond donors (Lipinski definition) is 1. The van der Waals surface area contributed by atoms with Crippen LogP contribution in [-0.4, -0.2) is 31.6 Å². The number of carbonyl (C=O) groups excluding carboxylic acids is 2. The van der Waals surface area contributed by atoms with Gasteiger partial charge in [-0.1, -0.05) is 13.0 Å². The average molecular weight is 437 g/mol. The van der Waals surface area contributed by atoms with Gasteiger partial charge in [-0.05, 0) is 80.5 Å². The Balaban J connectivity index is 1.44. The summed E-state index contributed by atoms with van der Waals surface area (Å²) >= 11 is 0. The number of benzene rings is 2. The lowest BCUT2D eigenvalue weighted by molar-refractivity contribution is -0.118. The number of nitrogens with one attached hydrogen (secondary N) is 1. The lowest BCUT2D eigenvalue weighted by Crippen LogP contribution is -2.28. The Morgan fingerprint density at radius 3 is 2.62 bits per heavy atom. The Morgan fingerprint density at radius 1 is 1.12 bits per heavy atom. The van der Waals surface area contributed by atoms with E-state index in [4.69, 9.17) is 9.47 Å². The molecule has 6 heteroatoms. The van der Waals surface area contributed by atoms with Crippen molar-refractivity contribution in [1.29, 1.82) is 0 Å². The fourth-order valence-electron chi connectivity index (χ4n) is 4.59. The average Bonchev–Trinajstić information content (AvgIpc) is 3.48. The van der Waals surface area contributed by atoms with Gasteiger partial charge in [0.2, 0.25) is 5.91 Å². The number of nitrogens with zero attached hydrogens (tertiary/aromatic N) is 1. The molecule has 2 aromatic carbocycles. The summed E-state index contributed by atoms with van der Waals surface area (Å²) < 4.78 is 11.7. The van der Waals surface area contributed by atoms with Crippen molar-refractivity contribution in [3.63, 3.8) is 0 Å². The van der Waals surface area contributed by atoms with Crippen LogP contribution < -0.4 is 19.7 Å². The van der Waals surface area contributed by atoms with Crippen LogP contribution in [0.4, 0.5) is 5.69 Å². The zero-order valence-electron chi connectivity index (χ0n) is 19.1. The monoisotopic (exact) mass is 436 g/mol. The third kappa shape index (κ3) is 4.59. The van der Waals surface area contributed by atoms with Crippen LogP contribution in [0.25, 0.3) is 0 Å². The number of hydrogen-bond acceptors (Lipinski definition) is 4. The van der Waals surface area contributed by atoms with Gasteiger partial charge in [-0.15, -0.1) is 0 Å². The predicted octanol–water partition coefficient (Wildman–Crippen LogP) is 4.81. The zero-order chi connectivity index (χ0) is 22.7. The lowest BCUT2D eigenvalue weighted by Gasteiger charge is -2.19. The van der Waals surface area contributed by atoms with Crippen molar-refractivity contribution in [2.24, 2.45) is 0 Å². The van der Waals surface area contributed by atoms with E-state index in [1.165, 1.54) is 12.8 Å². The van der Waals surface area contributed by atoms with Gasteiger partial charge in [0.25, 0.3) is 5.91 Å². The van der Waals surface area contributed by atoms with Crippen LogP contribution in [0.1, 0.15) is 73.5 Å². The molecule has 4 rings (SSSR count). The van der Waals surface area contributed by atoms with Crippen molar-refractivity contribution in [3.05, 3.63) is 53.1 Å². The minimum absolute atomic E-state index is 0.115. The first-order valence-corrected chi connectivity index (χ1v) is 11.6. The highest BCUT2D eigenvalue weighted by Gasteiger charge is 2.25. The van der Waals surface area contributed by atoms with Gasteiger partial charge >= 0.3 is 0 Å². The maximum atomic E-state index is 12.9. The van der Waals surface area contributed by atoms with Gasteiger partial charge in [0.1, 0.15) is 0 Å². The molecular weight excluding hydrogens is 404 g/mol. The summed E-state index contributed by atoms with van der Waals surface area (Å²) in [6.07, 6.45) is 6.11. The van der Waals surface area contributed by atoms with Crippen LogP contribution in [0, 0.1) is 0 Å². The highest BCUT2D eigenvalue weighted by atomic mass is 16.5. The van der Waals surface area contributed by atoms with Gasteiger partial charge in [-0.3, -0.25) is 9.59 Å². The minimum atomic E-state index is -0.191. The summed E-state index contributed by atoms with van der Waals surface area (Å²) in [5.41, 5.74) is 3.52. The highest BCUT2D eigenvalue weighted by molar-refractivity contribution is 5.98. The molecule has 0 aromatic heterocycles. The highest BCUT2D eigenvalue weighted by Crippen LogP contribution is 2.34. The van der Waals surface area contributed by atoms with Crippen molar-refractivity contribution in [2.45, 2.75) is 64.5 Å². The Kier molecular flexibility index (Phi) is 6.68. The summed E-state index contributed by atoms with van der Waals surface area (Å²) in [5.74, 6) is 1.43. The molecule has 1 aliphatic heterocycles. The summed E-state index contributed by atoms with van der Waals surface area (Å²) in [4.78, 5) is 26.8. The fourth-order valence-corrected chi connectivity index (χ4v) is 4.59. The third-order valence-corrected chi connectivity index (χ3v) is 6.47. The van der Waals surface area contributed by atoms with Gasteiger partial charge in [-0.2, -0.15) is 0 Å². The molecule has 32 heavy (non-hydrogen) atoms. The Hall–Kier alpha value is -3.02. The summed E-state index contributed by atoms with van der Waals surface area (Å²) in [6.45, 7) is 4.50. The van der Waals surface area contributed by atoms with Crippen molar-refractivity contribution >= 4 is 17.5 Å². The van der Waals surface area contributed by atoms with Gasteiger partial charge in [0.15, 0.2) is 11.5 Å². The molecule has 2 aliphatic rings. The quantitative estimate of drug-likeness (QED) is 0.677. The molecule has 2 amide bonds. The van der Waals surface area contributed by atoms with Gasteiger partial charge < -0.3 is 19.7 Å². The number of ether oxygens (including phenoxy) is 2. The number of amides is 2. The van der Waals surface area contributed by atoms with Crippen molar-refractivity contribution in [2.75, 3.05) is 18.6 Å². The number of rotatable bonds is 7. The van der Waals surface area contributed by atoms with E-state index in [1.807, 2.05) is 44.2 Å². The first-order valence-electron chi connectivity index (χ1n) is 11.6. The maximum Gasteiger partial charge on any atom is 0.251 e. The largest absolute Gasteiger partial charge is 0.493 e. The van der Waals surface area contributed by atoms with Gasteiger partial charge in [0, 0.05) is 24.2 Å². The first-order chi connectivity index (χ1) is 15.5. The molecule has 2 aromatic rings. The molecule has 170 valence electrons. The van der Waals surface area contributed by atoms with E-state index in [2.05, 4.69) is 5.32 Å². The van der Waals surface area contributed by atoms with E-state index >= 15 is 0 Å². The number of methoxy groups -OCH3 is 1. The molecule has 1 saturated carbocycles. The topological polar surface area (TPSA) is 67.9 Å². The Morgan fingerprint density at radius 2 is 1.91 bits per heavy atom. The van der Waals surface area contributed by atoms with E-state index in [0.717, 1.165) is 41.8 Å². The van der Waals surface area contributed by atoms with Crippen molar-refractivity contribution in [3.8, 4) is 11.5 Å². The first kappa shape index (κ1) is 22.2. The summed E-state index contributed by atoms with van der Waals surface area (Å²) in [5, 5.41) is 3.08. The van der Waals surface area contributed by atoms with Crippen LogP contribution in [0.15, 0.2) is 36.4 Å². The molecule has 1 atom stereocenters. The van der Waals surface area contributed by atoms with Crippen LogP contribution in [0.2, 0.25) is 0 Å². The van der Waals surface area contributed by atoms with E-state index in [-0.39, 0.29) is 24.0 Å². The lowest BCUT2D eigenvalue weighted by atomic mass is 10.0. The van der Waals surface area contributed by atoms with E-state index < -0.39 is 0 Å². The number of carbonyl (C=O) groups is 2. The Labute approximate surface area is 189 Å². The zero-order valence-corrected chi connectivity index (χ0v) is 19.1. The summed E-state index contributed by atoms with van der Waals surface area (Å²) in [6, 6.07) is 11.2. The van der Waals surface area contributed by atoms with E-state index in [0.29, 0.717) is 24.3 Å². The molecule has 1 aliphatic carbocycles.